The molecule has 0 aromatic rings. The molecule has 3 fully saturated rings. The Hall–Kier alpha value is -1.14. The smallest absolute Gasteiger partial charge is 0.238 e. The van der Waals surface area contributed by atoms with Gasteiger partial charge in [-0.2, -0.15) is 0 Å². The maximum atomic E-state index is 11.9. The zero-order valence-corrected chi connectivity index (χ0v) is 11.9. The normalized spacial score (nSPS) is 39.6. The molecule has 0 aromatic carbocycles. The second kappa shape index (κ2) is 5.33. The van der Waals surface area contributed by atoms with E-state index in [-0.39, 0.29) is 24.4 Å². The van der Waals surface area contributed by atoms with E-state index in [0.29, 0.717) is 24.0 Å². The molecule has 3 rings (SSSR count). The highest BCUT2D eigenvalue weighted by atomic mass is 16.5. The van der Waals surface area contributed by atoms with Crippen molar-refractivity contribution in [3.05, 3.63) is 0 Å². The number of hydrogen-bond donors (Lipinski definition) is 3. The van der Waals surface area contributed by atoms with E-state index < -0.39 is 0 Å². The molecule has 0 aromatic heterocycles. The van der Waals surface area contributed by atoms with Crippen LogP contribution in [0.4, 0.5) is 0 Å². The minimum atomic E-state index is -0.289. The maximum absolute atomic E-state index is 11.9. The van der Waals surface area contributed by atoms with Crippen LogP contribution in [0.1, 0.15) is 25.7 Å². The van der Waals surface area contributed by atoms with Gasteiger partial charge in [0.15, 0.2) is 0 Å². The molecule has 6 nitrogen and oxygen atoms in total. The molecule has 0 radical (unpaired) electrons. The summed E-state index contributed by atoms with van der Waals surface area (Å²) in [6.07, 6.45) is 5.25. The summed E-state index contributed by atoms with van der Waals surface area (Å²) in [5.41, 5.74) is 0.521. The molecule has 6 heteroatoms. The Bertz CT molecular complexity index is 388. The van der Waals surface area contributed by atoms with E-state index in [4.69, 9.17) is 4.74 Å². The molecule has 1 heterocycles. The second-order valence-corrected chi connectivity index (χ2v) is 6.52. The van der Waals surface area contributed by atoms with Crippen LogP contribution < -0.4 is 16.0 Å². The molecule has 3 N–H and O–H groups in total. The topological polar surface area (TPSA) is 79.5 Å². The average molecular weight is 281 g/mol. The summed E-state index contributed by atoms with van der Waals surface area (Å²) in [5.74, 6) is 0.553. The summed E-state index contributed by atoms with van der Waals surface area (Å²) >= 11 is 0. The molecule has 112 valence electrons. The van der Waals surface area contributed by atoms with Gasteiger partial charge in [-0.3, -0.25) is 14.9 Å². The third-order valence-electron chi connectivity index (χ3n) is 4.99. The molecule has 1 saturated heterocycles. The van der Waals surface area contributed by atoms with Crippen LogP contribution in [0.5, 0.6) is 0 Å². The van der Waals surface area contributed by atoms with Crippen molar-refractivity contribution in [3.63, 3.8) is 0 Å². The Labute approximate surface area is 119 Å². The number of amides is 2. The van der Waals surface area contributed by atoms with Gasteiger partial charge in [0.05, 0.1) is 12.6 Å². The monoisotopic (exact) mass is 281 g/mol. The lowest BCUT2D eigenvalue weighted by Crippen LogP contribution is -2.59. The largest absolute Gasteiger partial charge is 0.381 e. The third kappa shape index (κ3) is 2.67. The Morgan fingerprint density at radius 3 is 2.75 bits per heavy atom. The van der Waals surface area contributed by atoms with E-state index in [2.05, 4.69) is 16.0 Å². The van der Waals surface area contributed by atoms with Gasteiger partial charge in [0.25, 0.3) is 0 Å². The highest BCUT2D eigenvalue weighted by molar-refractivity contribution is 5.86. The lowest BCUT2D eigenvalue weighted by Gasteiger charge is -2.57. The molecule has 3 aliphatic rings. The average Bonchev–Trinajstić information content (AvgIpc) is 2.35. The predicted octanol–water partition coefficient (Wildman–Crippen LogP) is -0.604. The number of rotatable bonds is 4. The highest BCUT2D eigenvalue weighted by Gasteiger charge is 2.52. The van der Waals surface area contributed by atoms with E-state index in [1.54, 1.807) is 7.11 Å². The Morgan fingerprint density at radius 2 is 2.15 bits per heavy atom. The van der Waals surface area contributed by atoms with Crippen molar-refractivity contribution in [2.24, 2.45) is 11.3 Å². The molecular weight excluding hydrogens is 258 g/mol. The van der Waals surface area contributed by atoms with Gasteiger partial charge in [0, 0.05) is 20.2 Å². The number of carbonyl (C=O) groups excluding carboxylic acids is 2. The van der Waals surface area contributed by atoms with Gasteiger partial charge in [-0.15, -0.1) is 0 Å². The van der Waals surface area contributed by atoms with Gasteiger partial charge >= 0.3 is 0 Å². The van der Waals surface area contributed by atoms with Gasteiger partial charge in [0.2, 0.25) is 11.8 Å². The molecule has 1 aliphatic heterocycles. The van der Waals surface area contributed by atoms with E-state index in [1.165, 1.54) is 25.7 Å². The third-order valence-corrected chi connectivity index (χ3v) is 4.99. The summed E-state index contributed by atoms with van der Waals surface area (Å²) in [5, 5.41) is 8.63. The summed E-state index contributed by atoms with van der Waals surface area (Å²) in [4.78, 5) is 22.9. The van der Waals surface area contributed by atoms with Crippen molar-refractivity contribution < 1.29 is 14.3 Å². The first-order valence-corrected chi connectivity index (χ1v) is 7.41. The van der Waals surface area contributed by atoms with Crippen LogP contribution in [0.2, 0.25) is 0 Å². The van der Waals surface area contributed by atoms with Crippen molar-refractivity contribution in [1.29, 1.82) is 0 Å². The number of hydrogen-bond acceptors (Lipinski definition) is 4. The highest BCUT2D eigenvalue weighted by Crippen LogP contribution is 2.59. The van der Waals surface area contributed by atoms with Crippen molar-refractivity contribution in [3.8, 4) is 0 Å². The standard InChI is InChI=1S/C14H23N3O3/c1-20-10-4-14(5-10)2-9(3-14)6-17-13(19)11-7-16-12(18)8-15-11/h9-11,15H,2-8H2,1H3,(H,16,18)(H,17,19). The van der Waals surface area contributed by atoms with Crippen LogP contribution in [-0.2, 0) is 14.3 Å². The Balaban J connectivity index is 1.33. The van der Waals surface area contributed by atoms with Crippen LogP contribution in [-0.4, -0.2) is 50.7 Å². The van der Waals surface area contributed by atoms with E-state index in [9.17, 15) is 9.59 Å². The van der Waals surface area contributed by atoms with Crippen LogP contribution in [0.25, 0.3) is 0 Å². The van der Waals surface area contributed by atoms with Gasteiger partial charge in [-0.05, 0) is 37.0 Å². The Morgan fingerprint density at radius 1 is 1.40 bits per heavy atom. The molecule has 2 amide bonds. The van der Waals surface area contributed by atoms with Gasteiger partial charge < -0.3 is 15.4 Å². The van der Waals surface area contributed by atoms with Crippen LogP contribution in [0, 0.1) is 11.3 Å². The number of carbonyl (C=O) groups is 2. The molecule has 1 unspecified atom stereocenters. The molecular formula is C14H23N3O3. The first kappa shape index (κ1) is 13.8. The SMILES string of the molecule is COC1CC2(CC(CNC(=O)C3CNC(=O)CN3)C2)C1. The molecule has 2 saturated carbocycles. The van der Waals surface area contributed by atoms with Crippen molar-refractivity contribution in [1.82, 2.24) is 16.0 Å². The minimum absolute atomic E-state index is 0.00525. The van der Waals surface area contributed by atoms with Crippen molar-refractivity contribution >= 4 is 11.8 Å². The summed E-state index contributed by atoms with van der Waals surface area (Å²) < 4.78 is 5.33. The van der Waals surface area contributed by atoms with Crippen LogP contribution in [0.3, 0.4) is 0 Å². The number of ether oxygens (including phenoxy) is 1. The van der Waals surface area contributed by atoms with Crippen molar-refractivity contribution in [2.75, 3.05) is 26.7 Å². The minimum Gasteiger partial charge on any atom is -0.381 e. The van der Waals surface area contributed by atoms with Crippen molar-refractivity contribution in [2.45, 2.75) is 37.8 Å². The first-order valence-electron chi connectivity index (χ1n) is 7.41. The maximum Gasteiger partial charge on any atom is 0.238 e. The number of nitrogens with one attached hydrogen (secondary N) is 3. The fraction of sp³-hybridized carbons (Fsp3) is 0.857. The van der Waals surface area contributed by atoms with E-state index in [1.807, 2.05) is 0 Å². The van der Waals surface area contributed by atoms with Gasteiger partial charge in [-0.1, -0.05) is 0 Å². The van der Waals surface area contributed by atoms with E-state index in [0.717, 1.165) is 6.54 Å². The summed E-state index contributed by atoms with van der Waals surface area (Å²) in [6.45, 7) is 1.36. The Kier molecular flexibility index (Phi) is 3.69. The fourth-order valence-corrected chi connectivity index (χ4v) is 3.84. The number of piperazine rings is 1. The fourth-order valence-electron chi connectivity index (χ4n) is 3.84. The molecule has 2 aliphatic carbocycles. The molecule has 1 spiro atoms. The summed E-state index contributed by atoms with van der Waals surface area (Å²) in [7, 11) is 1.78. The predicted molar refractivity (Wildman–Crippen MR) is 73.0 cm³/mol. The molecule has 1 atom stereocenters. The second-order valence-electron chi connectivity index (χ2n) is 6.52. The summed E-state index contributed by atoms with van der Waals surface area (Å²) in [6, 6.07) is -0.289. The van der Waals surface area contributed by atoms with Gasteiger partial charge in [-0.25, -0.2) is 0 Å². The quantitative estimate of drug-likeness (QED) is 0.643. The lowest BCUT2D eigenvalue weighted by atomic mass is 9.50. The lowest BCUT2D eigenvalue weighted by molar-refractivity contribution is -0.132. The molecule has 20 heavy (non-hydrogen) atoms. The van der Waals surface area contributed by atoms with E-state index >= 15 is 0 Å². The van der Waals surface area contributed by atoms with Crippen LogP contribution in [0.15, 0.2) is 0 Å². The van der Waals surface area contributed by atoms with Gasteiger partial charge in [0.1, 0.15) is 6.04 Å². The number of methoxy groups -OCH3 is 1. The zero-order valence-electron chi connectivity index (χ0n) is 11.9. The molecule has 0 bridgehead atoms. The first-order chi connectivity index (χ1) is 9.60. The van der Waals surface area contributed by atoms with Crippen LogP contribution >= 0.6 is 0 Å². The zero-order chi connectivity index (χ0) is 14.2.